The lowest BCUT2D eigenvalue weighted by atomic mass is 10.1. The van der Waals surface area contributed by atoms with Gasteiger partial charge in [0.15, 0.2) is 0 Å². The molecule has 3 rings (SSSR count). The smallest absolute Gasteiger partial charge is 0.272 e. The van der Waals surface area contributed by atoms with E-state index in [1.807, 2.05) is 45.0 Å². The quantitative estimate of drug-likeness (QED) is 0.667. The number of aromatic nitrogens is 1. The number of aryl methyl sites for hydroxylation is 3. The number of benzene rings is 2. The molecule has 0 bridgehead atoms. The fourth-order valence-corrected chi connectivity index (χ4v) is 2.95. The van der Waals surface area contributed by atoms with E-state index in [1.54, 1.807) is 6.07 Å². The van der Waals surface area contributed by atoms with E-state index in [0.717, 1.165) is 27.6 Å². The van der Waals surface area contributed by atoms with Crippen LogP contribution >= 0.6 is 0 Å². The van der Waals surface area contributed by atoms with Crippen molar-refractivity contribution in [3.63, 3.8) is 0 Å². The Morgan fingerprint density at radius 3 is 2.40 bits per heavy atom. The number of hydrogen-bond acceptors (Lipinski definition) is 2. The molecule has 3 N–H and O–H groups in total. The van der Waals surface area contributed by atoms with Crippen LogP contribution in [0.15, 0.2) is 36.4 Å². The van der Waals surface area contributed by atoms with Gasteiger partial charge in [-0.25, -0.2) is 0 Å². The number of anilines is 2. The average molecular weight is 335 g/mol. The third-order valence-corrected chi connectivity index (χ3v) is 4.14. The first-order chi connectivity index (χ1) is 11.8. The average Bonchev–Trinajstić information content (AvgIpc) is 2.94. The van der Waals surface area contributed by atoms with Crippen molar-refractivity contribution in [3.8, 4) is 0 Å². The van der Waals surface area contributed by atoms with E-state index in [1.165, 1.54) is 6.92 Å². The molecule has 0 radical (unpaired) electrons. The van der Waals surface area contributed by atoms with Crippen LogP contribution in [0, 0.1) is 20.8 Å². The summed E-state index contributed by atoms with van der Waals surface area (Å²) in [6.07, 6.45) is 0. The second-order valence-electron chi connectivity index (χ2n) is 6.39. The largest absolute Gasteiger partial charge is 0.351 e. The van der Waals surface area contributed by atoms with Crippen LogP contribution in [-0.4, -0.2) is 16.8 Å². The maximum Gasteiger partial charge on any atom is 0.272 e. The topological polar surface area (TPSA) is 74.0 Å². The van der Waals surface area contributed by atoms with Gasteiger partial charge < -0.3 is 15.6 Å². The molecule has 0 aliphatic heterocycles. The SMILES string of the molecule is CC(=O)Nc1ccc(C)c(NC(=O)c2cc3c(C)cc(C)cc3[nH]2)c1. The van der Waals surface area contributed by atoms with Gasteiger partial charge >= 0.3 is 0 Å². The minimum atomic E-state index is -0.212. The van der Waals surface area contributed by atoms with Crippen molar-refractivity contribution in [2.45, 2.75) is 27.7 Å². The Kier molecular flexibility index (Phi) is 4.31. The predicted molar refractivity (Wildman–Crippen MR) is 101 cm³/mol. The van der Waals surface area contributed by atoms with Gasteiger partial charge in [-0.2, -0.15) is 0 Å². The van der Waals surface area contributed by atoms with Crippen LogP contribution in [0.25, 0.3) is 10.9 Å². The molecule has 1 aromatic heterocycles. The van der Waals surface area contributed by atoms with Gasteiger partial charge in [0.05, 0.1) is 0 Å². The third-order valence-electron chi connectivity index (χ3n) is 4.14. The summed E-state index contributed by atoms with van der Waals surface area (Å²) in [6.45, 7) is 7.43. The van der Waals surface area contributed by atoms with E-state index in [4.69, 9.17) is 0 Å². The monoisotopic (exact) mass is 335 g/mol. The zero-order valence-electron chi connectivity index (χ0n) is 14.8. The van der Waals surface area contributed by atoms with Crippen molar-refractivity contribution < 1.29 is 9.59 Å². The highest BCUT2D eigenvalue weighted by molar-refractivity contribution is 6.07. The third kappa shape index (κ3) is 3.55. The lowest BCUT2D eigenvalue weighted by molar-refractivity contribution is -0.114. The first-order valence-corrected chi connectivity index (χ1v) is 8.13. The van der Waals surface area contributed by atoms with Gasteiger partial charge in [-0.3, -0.25) is 9.59 Å². The molecule has 0 aliphatic rings. The summed E-state index contributed by atoms with van der Waals surface area (Å²) in [7, 11) is 0. The molecule has 25 heavy (non-hydrogen) atoms. The van der Waals surface area contributed by atoms with Gasteiger partial charge in [0, 0.05) is 29.2 Å². The van der Waals surface area contributed by atoms with E-state index in [0.29, 0.717) is 17.1 Å². The van der Waals surface area contributed by atoms with Crippen molar-refractivity contribution in [3.05, 3.63) is 58.8 Å². The van der Waals surface area contributed by atoms with E-state index < -0.39 is 0 Å². The minimum absolute atomic E-state index is 0.150. The van der Waals surface area contributed by atoms with Crippen LogP contribution < -0.4 is 10.6 Å². The van der Waals surface area contributed by atoms with Crippen molar-refractivity contribution in [1.82, 2.24) is 4.98 Å². The van der Waals surface area contributed by atoms with Gasteiger partial charge in [-0.1, -0.05) is 12.1 Å². The number of aromatic amines is 1. The Morgan fingerprint density at radius 2 is 1.68 bits per heavy atom. The zero-order chi connectivity index (χ0) is 18.1. The molecule has 2 aromatic carbocycles. The van der Waals surface area contributed by atoms with Crippen LogP contribution in [0.5, 0.6) is 0 Å². The van der Waals surface area contributed by atoms with Crippen LogP contribution in [0.4, 0.5) is 11.4 Å². The molecule has 5 nitrogen and oxygen atoms in total. The molecule has 0 atom stereocenters. The standard InChI is InChI=1S/C20H21N3O2/c1-11-7-13(3)16-10-19(22-18(16)8-11)20(25)23-17-9-15(21-14(4)24)6-5-12(17)2/h5-10,22H,1-4H3,(H,21,24)(H,23,25). The van der Waals surface area contributed by atoms with E-state index >= 15 is 0 Å². The number of amides is 2. The summed E-state index contributed by atoms with van der Waals surface area (Å²) in [5.74, 6) is -0.362. The first kappa shape index (κ1) is 16.8. The maximum atomic E-state index is 12.6. The van der Waals surface area contributed by atoms with Gasteiger partial charge in [0.1, 0.15) is 5.69 Å². The Morgan fingerprint density at radius 1 is 0.920 bits per heavy atom. The molecule has 0 fully saturated rings. The highest BCUT2D eigenvalue weighted by Crippen LogP contribution is 2.24. The van der Waals surface area contributed by atoms with Crippen LogP contribution in [-0.2, 0) is 4.79 Å². The van der Waals surface area contributed by atoms with Crippen molar-refractivity contribution in [2.75, 3.05) is 10.6 Å². The molecule has 0 aliphatic carbocycles. The molecule has 0 saturated heterocycles. The highest BCUT2D eigenvalue weighted by atomic mass is 16.2. The Hall–Kier alpha value is -3.08. The predicted octanol–water partition coefficient (Wildman–Crippen LogP) is 4.30. The number of rotatable bonds is 3. The van der Waals surface area contributed by atoms with Crippen LogP contribution in [0.3, 0.4) is 0 Å². The number of carbonyl (C=O) groups is 2. The molecule has 128 valence electrons. The Labute approximate surface area is 146 Å². The Balaban J connectivity index is 1.90. The molecular weight excluding hydrogens is 314 g/mol. The van der Waals surface area contributed by atoms with E-state index in [2.05, 4.69) is 21.7 Å². The van der Waals surface area contributed by atoms with Crippen LogP contribution in [0.1, 0.15) is 34.1 Å². The molecule has 1 heterocycles. The lowest BCUT2D eigenvalue weighted by Crippen LogP contribution is -2.14. The van der Waals surface area contributed by atoms with Crippen LogP contribution in [0.2, 0.25) is 0 Å². The molecular formula is C20H21N3O2. The lowest BCUT2D eigenvalue weighted by Gasteiger charge is -2.10. The number of hydrogen-bond donors (Lipinski definition) is 3. The van der Waals surface area contributed by atoms with Gasteiger partial charge in [0.2, 0.25) is 5.91 Å². The van der Waals surface area contributed by atoms with Crippen molar-refractivity contribution >= 4 is 34.1 Å². The minimum Gasteiger partial charge on any atom is -0.351 e. The number of carbonyl (C=O) groups excluding carboxylic acids is 2. The zero-order valence-corrected chi connectivity index (χ0v) is 14.8. The van der Waals surface area contributed by atoms with Crippen molar-refractivity contribution in [1.29, 1.82) is 0 Å². The molecule has 5 heteroatoms. The normalized spacial score (nSPS) is 10.7. The molecule has 3 aromatic rings. The van der Waals surface area contributed by atoms with E-state index in [9.17, 15) is 9.59 Å². The van der Waals surface area contributed by atoms with Gasteiger partial charge in [-0.05, 0) is 61.7 Å². The molecule has 0 spiro atoms. The van der Waals surface area contributed by atoms with E-state index in [-0.39, 0.29) is 11.8 Å². The Bertz CT molecular complexity index is 986. The van der Waals surface area contributed by atoms with Crippen molar-refractivity contribution in [2.24, 2.45) is 0 Å². The maximum absolute atomic E-state index is 12.6. The second-order valence-corrected chi connectivity index (χ2v) is 6.39. The first-order valence-electron chi connectivity index (χ1n) is 8.13. The summed E-state index contributed by atoms with van der Waals surface area (Å²) < 4.78 is 0. The van der Waals surface area contributed by atoms with Gasteiger partial charge in [0.25, 0.3) is 5.91 Å². The fourth-order valence-electron chi connectivity index (χ4n) is 2.95. The molecule has 2 amide bonds. The molecule has 0 unspecified atom stereocenters. The summed E-state index contributed by atoms with van der Waals surface area (Å²) in [6, 6.07) is 11.4. The number of fused-ring (bicyclic) bond motifs is 1. The summed E-state index contributed by atoms with van der Waals surface area (Å²) in [5, 5.41) is 6.68. The highest BCUT2D eigenvalue weighted by Gasteiger charge is 2.13. The fraction of sp³-hybridized carbons (Fsp3) is 0.200. The number of H-pyrrole nitrogens is 1. The summed E-state index contributed by atoms with van der Waals surface area (Å²) >= 11 is 0. The number of nitrogens with one attached hydrogen (secondary N) is 3. The summed E-state index contributed by atoms with van der Waals surface area (Å²) in [5.41, 5.74) is 5.98. The second kappa shape index (κ2) is 6.43. The molecule has 0 saturated carbocycles. The van der Waals surface area contributed by atoms with Gasteiger partial charge in [-0.15, -0.1) is 0 Å². The summed E-state index contributed by atoms with van der Waals surface area (Å²) in [4.78, 5) is 27.0.